The molecule has 0 bridgehead atoms. The molecule has 0 saturated heterocycles. The highest BCUT2D eigenvalue weighted by atomic mass is 79.9. The Hall–Kier alpha value is -1.60. The van der Waals surface area contributed by atoms with Gasteiger partial charge in [-0.05, 0) is 34.1 Å². The number of halogens is 1. The van der Waals surface area contributed by atoms with E-state index in [1.165, 1.54) is 0 Å². The summed E-state index contributed by atoms with van der Waals surface area (Å²) in [6, 6.07) is 5.07. The molecule has 1 amide bonds. The van der Waals surface area contributed by atoms with Crippen molar-refractivity contribution in [1.82, 2.24) is 10.3 Å². The van der Waals surface area contributed by atoms with Crippen LogP contribution in [-0.2, 0) is 6.54 Å². The van der Waals surface area contributed by atoms with Gasteiger partial charge < -0.3 is 15.0 Å². The Balaban J connectivity index is 2.03. The standard InChI is InChI=1S/C12H11BrN2O3S/c1-18-10-3-2-7(4-9(10)13)11(16)14-5-8-6-19-12(17)15-8/h2-4,6H,5H2,1H3,(H,14,16)(H,15,17). The lowest BCUT2D eigenvalue weighted by atomic mass is 10.2. The number of methoxy groups -OCH3 is 1. The molecule has 2 N–H and O–H groups in total. The molecule has 100 valence electrons. The molecule has 0 aliphatic heterocycles. The van der Waals surface area contributed by atoms with Crippen LogP contribution in [0.15, 0.2) is 32.8 Å². The summed E-state index contributed by atoms with van der Waals surface area (Å²) in [5.74, 6) is 0.453. The number of thiazole rings is 1. The second-order valence-corrected chi connectivity index (χ2v) is 5.40. The highest BCUT2D eigenvalue weighted by molar-refractivity contribution is 9.10. The molecule has 2 aromatic rings. The Bertz CT molecular complexity index is 650. The Kier molecular flexibility index (Phi) is 4.39. The smallest absolute Gasteiger partial charge is 0.304 e. The maximum atomic E-state index is 11.9. The predicted octanol–water partition coefficient (Wildman–Crippen LogP) is 2.14. The van der Waals surface area contributed by atoms with E-state index in [9.17, 15) is 9.59 Å². The fraction of sp³-hybridized carbons (Fsp3) is 0.167. The normalized spacial score (nSPS) is 10.2. The van der Waals surface area contributed by atoms with Gasteiger partial charge >= 0.3 is 4.87 Å². The van der Waals surface area contributed by atoms with Crippen LogP contribution in [0.4, 0.5) is 0 Å². The molecule has 7 heteroatoms. The van der Waals surface area contributed by atoms with Crippen molar-refractivity contribution in [3.05, 3.63) is 49.0 Å². The number of aromatic nitrogens is 1. The Morgan fingerprint density at radius 3 is 2.89 bits per heavy atom. The van der Waals surface area contributed by atoms with Crippen molar-refractivity contribution in [3.8, 4) is 5.75 Å². The molecule has 1 aromatic carbocycles. The van der Waals surface area contributed by atoms with Gasteiger partial charge in [-0.15, -0.1) is 0 Å². The van der Waals surface area contributed by atoms with Crippen molar-refractivity contribution in [2.24, 2.45) is 0 Å². The molecule has 1 heterocycles. The quantitative estimate of drug-likeness (QED) is 0.894. The molecule has 0 fully saturated rings. The van der Waals surface area contributed by atoms with Crippen LogP contribution < -0.4 is 14.9 Å². The lowest BCUT2D eigenvalue weighted by Gasteiger charge is -2.07. The molecule has 0 saturated carbocycles. The highest BCUT2D eigenvalue weighted by Gasteiger charge is 2.09. The minimum atomic E-state index is -0.213. The van der Waals surface area contributed by atoms with E-state index in [0.717, 1.165) is 11.3 Å². The second kappa shape index (κ2) is 6.03. The number of rotatable bonds is 4. The number of amides is 1. The number of carbonyl (C=O) groups is 1. The van der Waals surface area contributed by atoms with E-state index in [0.29, 0.717) is 28.0 Å². The van der Waals surface area contributed by atoms with Crippen molar-refractivity contribution in [1.29, 1.82) is 0 Å². The van der Waals surface area contributed by atoms with Gasteiger partial charge in [-0.2, -0.15) is 0 Å². The molecule has 0 spiro atoms. The van der Waals surface area contributed by atoms with E-state index in [2.05, 4.69) is 26.2 Å². The monoisotopic (exact) mass is 342 g/mol. The maximum Gasteiger partial charge on any atom is 0.304 e. The third-order valence-corrected chi connectivity index (χ3v) is 3.76. The van der Waals surface area contributed by atoms with E-state index in [1.807, 2.05) is 0 Å². The number of H-pyrrole nitrogens is 1. The van der Waals surface area contributed by atoms with Crippen LogP contribution in [0.2, 0.25) is 0 Å². The number of benzene rings is 1. The van der Waals surface area contributed by atoms with Crippen LogP contribution in [0.3, 0.4) is 0 Å². The summed E-state index contributed by atoms with van der Waals surface area (Å²) < 4.78 is 5.81. The van der Waals surface area contributed by atoms with E-state index < -0.39 is 0 Å². The SMILES string of the molecule is COc1ccc(C(=O)NCc2csc(=O)[nH]2)cc1Br. The molecular formula is C12H11BrN2O3S. The van der Waals surface area contributed by atoms with Crippen LogP contribution in [0.25, 0.3) is 0 Å². The lowest BCUT2D eigenvalue weighted by molar-refractivity contribution is 0.0950. The fourth-order valence-corrected chi connectivity index (χ4v) is 2.61. The van der Waals surface area contributed by atoms with Crippen LogP contribution in [-0.4, -0.2) is 18.0 Å². The largest absolute Gasteiger partial charge is 0.496 e. The van der Waals surface area contributed by atoms with Crippen LogP contribution in [0.5, 0.6) is 5.75 Å². The van der Waals surface area contributed by atoms with Crippen molar-refractivity contribution in [2.45, 2.75) is 6.54 Å². The summed E-state index contributed by atoms with van der Waals surface area (Å²) in [4.78, 5) is 25.4. The van der Waals surface area contributed by atoms with E-state index in [-0.39, 0.29) is 10.8 Å². The second-order valence-electron chi connectivity index (χ2n) is 3.71. The predicted molar refractivity (Wildman–Crippen MR) is 76.8 cm³/mol. The maximum absolute atomic E-state index is 11.9. The third kappa shape index (κ3) is 3.45. The van der Waals surface area contributed by atoms with Crippen LogP contribution in [0, 0.1) is 0 Å². The first-order valence-electron chi connectivity index (χ1n) is 5.38. The molecule has 0 aliphatic rings. The number of hydrogen-bond donors (Lipinski definition) is 2. The van der Waals surface area contributed by atoms with Crippen molar-refractivity contribution >= 4 is 33.2 Å². The minimum absolute atomic E-state index is 0.128. The fourth-order valence-electron chi connectivity index (χ4n) is 1.49. The van der Waals surface area contributed by atoms with Gasteiger partial charge in [-0.1, -0.05) is 11.3 Å². The number of hydrogen-bond acceptors (Lipinski definition) is 4. The van der Waals surface area contributed by atoms with E-state index in [1.54, 1.807) is 30.7 Å². The zero-order valence-electron chi connectivity index (χ0n) is 10.0. The minimum Gasteiger partial charge on any atom is -0.496 e. The molecule has 5 nitrogen and oxygen atoms in total. The highest BCUT2D eigenvalue weighted by Crippen LogP contribution is 2.25. The summed E-state index contributed by atoms with van der Waals surface area (Å²) in [6.07, 6.45) is 0. The molecule has 0 radical (unpaired) electrons. The van der Waals surface area contributed by atoms with Gasteiger partial charge in [0.1, 0.15) is 5.75 Å². The summed E-state index contributed by atoms with van der Waals surface area (Å²) in [7, 11) is 1.56. The average molecular weight is 343 g/mol. The molecule has 0 aliphatic carbocycles. The first-order chi connectivity index (χ1) is 9.10. The van der Waals surface area contributed by atoms with E-state index in [4.69, 9.17) is 4.74 Å². The Morgan fingerprint density at radius 1 is 1.53 bits per heavy atom. The van der Waals surface area contributed by atoms with Crippen LogP contribution in [0.1, 0.15) is 16.1 Å². The summed E-state index contributed by atoms with van der Waals surface area (Å²) in [5.41, 5.74) is 1.21. The number of aromatic amines is 1. The molecule has 0 unspecified atom stereocenters. The van der Waals surface area contributed by atoms with Crippen LogP contribution >= 0.6 is 27.3 Å². The molecule has 2 rings (SSSR count). The lowest BCUT2D eigenvalue weighted by Crippen LogP contribution is -2.23. The number of nitrogens with one attached hydrogen (secondary N) is 2. The van der Waals surface area contributed by atoms with Crippen molar-refractivity contribution < 1.29 is 9.53 Å². The summed E-state index contributed by atoms with van der Waals surface area (Å²) >= 11 is 4.40. The molecule has 1 aromatic heterocycles. The van der Waals surface area contributed by atoms with Gasteiger partial charge in [0.25, 0.3) is 5.91 Å². The first-order valence-corrected chi connectivity index (χ1v) is 7.06. The Labute approximate surface area is 121 Å². The van der Waals surface area contributed by atoms with Gasteiger partial charge in [-0.3, -0.25) is 9.59 Å². The van der Waals surface area contributed by atoms with Gasteiger partial charge in [0.05, 0.1) is 18.1 Å². The summed E-state index contributed by atoms with van der Waals surface area (Å²) in [6.45, 7) is 0.293. The average Bonchev–Trinajstić information content (AvgIpc) is 2.81. The van der Waals surface area contributed by atoms with Gasteiger partial charge in [0.2, 0.25) is 0 Å². The topological polar surface area (TPSA) is 71.2 Å². The van der Waals surface area contributed by atoms with Gasteiger partial charge in [0, 0.05) is 16.6 Å². The van der Waals surface area contributed by atoms with Crippen molar-refractivity contribution in [2.75, 3.05) is 7.11 Å². The Morgan fingerprint density at radius 2 is 2.32 bits per heavy atom. The first kappa shape index (κ1) is 13.8. The summed E-state index contributed by atoms with van der Waals surface area (Å²) in [5, 5.41) is 4.42. The third-order valence-electron chi connectivity index (χ3n) is 2.42. The van der Waals surface area contributed by atoms with Gasteiger partial charge in [0.15, 0.2) is 0 Å². The molecular weight excluding hydrogens is 332 g/mol. The number of carbonyl (C=O) groups excluding carboxylic acids is 1. The van der Waals surface area contributed by atoms with Crippen molar-refractivity contribution in [3.63, 3.8) is 0 Å². The van der Waals surface area contributed by atoms with E-state index >= 15 is 0 Å². The zero-order chi connectivity index (χ0) is 13.8. The number of ether oxygens (including phenoxy) is 1. The van der Waals surface area contributed by atoms with Gasteiger partial charge in [-0.25, -0.2) is 0 Å². The molecule has 0 atom stereocenters. The molecule has 19 heavy (non-hydrogen) atoms. The zero-order valence-corrected chi connectivity index (χ0v) is 12.4.